The minimum atomic E-state index is -0.0443. The van der Waals surface area contributed by atoms with Gasteiger partial charge < -0.3 is 10.8 Å². The molecular weight excluding hydrogens is 258 g/mol. The number of phenols is 1. The van der Waals surface area contributed by atoms with E-state index in [0.717, 1.165) is 5.56 Å². The molecule has 0 saturated carbocycles. The first-order valence-electron chi connectivity index (χ1n) is 4.71. The average molecular weight is 272 g/mol. The van der Waals surface area contributed by atoms with Crippen LogP contribution in [-0.2, 0) is 0 Å². The lowest BCUT2D eigenvalue weighted by Gasteiger charge is -2.11. The maximum Gasteiger partial charge on any atom is 0.165 e. The number of aromatic hydroxyl groups is 1. The normalized spacial score (nSPS) is 10.4. The fourth-order valence-corrected chi connectivity index (χ4v) is 2.38. The van der Waals surface area contributed by atoms with Gasteiger partial charge in [0.05, 0.1) is 0 Å². The van der Waals surface area contributed by atoms with E-state index in [0.29, 0.717) is 28.6 Å². The first-order valence-corrected chi connectivity index (χ1v) is 5.50. The highest BCUT2D eigenvalue weighted by molar-refractivity contribution is 9.10. The Kier molecular flexibility index (Phi) is 3.88. The fourth-order valence-electron chi connectivity index (χ4n) is 1.52. The van der Waals surface area contributed by atoms with Crippen LogP contribution in [0.2, 0.25) is 0 Å². The maximum absolute atomic E-state index is 11.7. The van der Waals surface area contributed by atoms with Gasteiger partial charge >= 0.3 is 0 Å². The van der Waals surface area contributed by atoms with Gasteiger partial charge in [0, 0.05) is 22.0 Å². The minimum absolute atomic E-state index is 0.0443. The van der Waals surface area contributed by atoms with Crippen LogP contribution in [-0.4, -0.2) is 17.4 Å². The zero-order valence-corrected chi connectivity index (χ0v) is 10.4. The number of benzene rings is 1. The molecular formula is C11H14BrNO2. The van der Waals surface area contributed by atoms with Gasteiger partial charge in [-0.2, -0.15) is 0 Å². The van der Waals surface area contributed by atoms with E-state index in [4.69, 9.17) is 5.73 Å². The molecule has 4 heteroatoms. The molecule has 0 heterocycles. The lowest BCUT2D eigenvalue weighted by molar-refractivity contribution is 0.0983. The van der Waals surface area contributed by atoms with Crippen LogP contribution in [0.15, 0.2) is 10.5 Å². The molecule has 0 aliphatic carbocycles. The summed E-state index contributed by atoms with van der Waals surface area (Å²) in [6.45, 7) is 3.85. The predicted molar refractivity (Wildman–Crippen MR) is 63.3 cm³/mol. The molecule has 0 saturated heterocycles. The Morgan fingerprint density at radius 2 is 2.13 bits per heavy atom. The van der Waals surface area contributed by atoms with Gasteiger partial charge in [0.25, 0.3) is 0 Å². The maximum atomic E-state index is 11.7. The van der Waals surface area contributed by atoms with Gasteiger partial charge in [-0.05, 0) is 32.0 Å². The molecule has 82 valence electrons. The molecule has 1 rings (SSSR count). The van der Waals surface area contributed by atoms with E-state index < -0.39 is 0 Å². The number of hydrogen-bond donors (Lipinski definition) is 2. The molecule has 1 aromatic carbocycles. The highest BCUT2D eigenvalue weighted by Crippen LogP contribution is 2.31. The summed E-state index contributed by atoms with van der Waals surface area (Å²) in [4.78, 5) is 11.7. The average Bonchev–Trinajstić information content (AvgIpc) is 2.15. The van der Waals surface area contributed by atoms with Crippen LogP contribution < -0.4 is 5.73 Å². The fraction of sp³-hybridized carbons (Fsp3) is 0.364. The van der Waals surface area contributed by atoms with E-state index in [2.05, 4.69) is 15.9 Å². The van der Waals surface area contributed by atoms with E-state index in [1.54, 1.807) is 19.9 Å². The molecule has 0 aliphatic rings. The molecule has 3 N–H and O–H groups in total. The number of Topliss-reactive ketones (excluding diaryl/α,β-unsaturated/α-hetero) is 1. The van der Waals surface area contributed by atoms with Crippen molar-refractivity contribution in [3.63, 3.8) is 0 Å². The number of nitrogens with two attached hydrogens (primary N) is 1. The van der Waals surface area contributed by atoms with Crippen LogP contribution in [0.3, 0.4) is 0 Å². The zero-order valence-electron chi connectivity index (χ0n) is 8.80. The van der Waals surface area contributed by atoms with Crippen LogP contribution in [0.1, 0.15) is 27.9 Å². The second-order valence-electron chi connectivity index (χ2n) is 3.49. The number of aryl methyl sites for hydroxylation is 1. The number of halogens is 1. The number of carbonyl (C=O) groups excluding carboxylic acids is 1. The van der Waals surface area contributed by atoms with E-state index in [1.165, 1.54) is 0 Å². The Bertz CT molecular complexity index is 402. The molecule has 0 fully saturated rings. The Hall–Kier alpha value is -0.870. The Labute approximate surface area is 97.4 Å². The molecule has 0 unspecified atom stereocenters. The molecule has 0 atom stereocenters. The standard InChI is InChI=1S/C11H14BrNO2/c1-6-5-8(12)10(7(2)11(6)15)9(14)3-4-13/h5,15H,3-4,13H2,1-2H3. The molecule has 0 bridgehead atoms. The second-order valence-corrected chi connectivity index (χ2v) is 4.34. The molecule has 3 nitrogen and oxygen atoms in total. The first-order chi connectivity index (χ1) is 6.99. The van der Waals surface area contributed by atoms with E-state index >= 15 is 0 Å². The van der Waals surface area contributed by atoms with Crippen molar-refractivity contribution < 1.29 is 9.90 Å². The van der Waals surface area contributed by atoms with Crippen molar-refractivity contribution in [3.05, 3.63) is 27.2 Å². The summed E-state index contributed by atoms with van der Waals surface area (Å²) in [5.74, 6) is 0.135. The number of hydrogen-bond acceptors (Lipinski definition) is 3. The van der Waals surface area contributed by atoms with Crippen molar-refractivity contribution in [1.29, 1.82) is 0 Å². The second kappa shape index (κ2) is 4.77. The third-order valence-corrected chi connectivity index (χ3v) is 2.96. The monoisotopic (exact) mass is 271 g/mol. The summed E-state index contributed by atoms with van der Waals surface area (Å²) < 4.78 is 0.716. The van der Waals surface area contributed by atoms with Crippen molar-refractivity contribution in [2.24, 2.45) is 5.73 Å². The third kappa shape index (κ3) is 2.38. The largest absolute Gasteiger partial charge is 0.507 e. The summed E-state index contributed by atoms with van der Waals surface area (Å²) in [5.41, 5.74) is 7.23. The molecule has 0 amide bonds. The Morgan fingerprint density at radius 3 is 2.67 bits per heavy atom. The van der Waals surface area contributed by atoms with Crippen LogP contribution >= 0.6 is 15.9 Å². The van der Waals surface area contributed by atoms with E-state index in [-0.39, 0.29) is 11.5 Å². The molecule has 0 spiro atoms. The molecule has 0 aliphatic heterocycles. The van der Waals surface area contributed by atoms with Crippen LogP contribution in [0.4, 0.5) is 0 Å². The van der Waals surface area contributed by atoms with Crippen LogP contribution in [0.5, 0.6) is 5.75 Å². The van der Waals surface area contributed by atoms with Gasteiger partial charge in [-0.25, -0.2) is 0 Å². The molecule has 0 radical (unpaired) electrons. The summed E-state index contributed by atoms with van der Waals surface area (Å²) >= 11 is 3.33. The smallest absolute Gasteiger partial charge is 0.165 e. The highest BCUT2D eigenvalue weighted by Gasteiger charge is 2.16. The SMILES string of the molecule is Cc1cc(Br)c(C(=O)CCN)c(C)c1O. The van der Waals surface area contributed by atoms with Crippen LogP contribution in [0.25, 0.3) is 0 Å². The molecule has 15 heavy (non-hydrogen) atoms. The van der Waals surface area contributed by atoms with Gasteiger partial charge in [-0.3, -0.25) is 4.79 Å². The Morgan fingerprint density at radius 1 is 1.53 bits per heavy atom. The van der Waals surface area contributed by atoms with Crippen molar-refractivity contribution in [2.75, 3.05) is 6.54 Å². The quantitative estimate of drug-likeness (QED) is 0.830. The molecule has 0 aromatic heterocycles. The van der Waals surface area contributed by atoms with E-state index in [9.17, 15) is 9.90 Å². The lowest BCUT2D eigenvalue weighted by atomic mass is 9.99. The Balaban J connectivity index is 3.29. The van der Waals surface area contributed by atoms with E-state index in [1.807, 2.05) is 0 Å². The summed E-state index contributed by atoms with van der Waals surface area (Å²) in [7, 11) is 0. The van der Waals surface area contributed by atoms with Gasteiger partial charge in [-0.15, -0.1) is 0 Å². The van der Waals surface area contributed by atoms with Crippen LogP contribution in [0, 0.1) is 13.8 Å². The number of carbonyl (C=O) groups is 1. The number of phenolic OH excluding ortho intramolecular Hbond substituents is 1. The summed E-state index contributed by atoms with van der Waals surface area (Å²) in [6, 6.07) is 1.74. The molecule has 1 aromatic rings. The van der Waals surface area contributed by atoms with Gasteiger partial charge in [0.15, 0.2) is 5.78 Å². The predicted octanol–water partition coefficient (Wildman–Crippen LogP) is 2.30. The minimum Gasteiger partial charge on any atom is -0.507 e. The van der Waals surface area contributed by atoms with Crippen molar-refractivity contribution in [2.45, 2.75) is 20.3 Å². The first kappa shape index (κ1) is 12.2. The number of rotatable bonds is 3. The number of ketones is 1. The van der Waals surface area contributed by atoms with Crippen molar-refractivity contribution in [1.82, 2.24) is 0 Å². The summed E-state index contributed by atoms with van der Waals surface area (Å²) in [6.07, 6.45) is 0.294. The topological polar surface area (TPSA) is 63.3 Å². The highest BCUT2D eigenvalue weighted by atomic mass is 79.9. The third-order valence-electron chi connectivity index (χ3n) is 2.34. The van der Waals surface area contributed by atoms with Gasteiger partial charge in [0.1, 0.15) is 5.75 Å². The lowest BCUT2D eigenvalue weighted by Crippen LogP contribution is -2.10. The van der Waals surface area contributed by atoms with Crippen molar-refractivity contribution >= 4 is 21.7 Å². The summed E-state index contributed by atoms with van der Waals surface area (Å²) in [5, 5.41) is 9.72. The van der Waals surface area contributed by atoms with Gasteiger partial charge in [-0.1, -0.05) is 15.9 Å². The van der Waals surface area contributed by atoms with Gasteiger partial charge in [0.2, 0.25) is 0 Å². The zero-order chi connectivity index (χ0) is 11.6. The van der Waals surface area contributed by atoms with Crippen molar-refractivity contribution in [3.8, 4) is 5.75 Å².